The number of amides is 2. The van der Waals surface area contributed by atoms with Gasteiger partial charge in [-0.2, -0.15) is 5.10 Å². The van der Waals surface area contributed by atoms with Crippen molar-refractivity contribution in [1.82, 2.24) is 14.7 Å². The van der Waals surface area contributed by atoms with Crippen molar-refractivity contribution in [3.63, 3.8) is 0 Å². The molecule has 1 atom stereocenters. The summed E-state index contributed by atoms with van der Waals surface area (Å²) in [5.41, 5.74) is 0.827. The highest BCUT2D eigenvalue weighted by molar-refractivity contribution is 6.00. The molecule has 22 heavy (non-hydrogen) atoms. The molecule has 3 heterocycles. The van der Waals surface area contributed by atoms with Crippen LogP contribution in [-0.4, -0.2) is 39.1 Å². The lowest BCUT2D eigenvalue weighted by Crippen LogP contribution is -2.43. The number of nitrogens with zero attached hydrogens (tertiary/aromatic N) is 3. The average molecular weight is 302 g/mol. The number of carbonyl (C=O) groups excluding carboxylic acids is 2. The number of hydrogen-bond donors (Lipinski definition) is 1. The van der Waals surface area contributed by atoms with Crippen molar-refractivity contribution in [1.29, 1.82) is 0 Å². The number of carbonyl (C=O) groups is 2. The summed E-state index contributed by atoms with van der Waals surface area (Å²) in [4.78, 5) is 26.4. The number of furan rings is 1. The van der Waals surface area contributed by atoms with Crippen LogP contribution in [0.3, 0.4) is 0 Å². The normalized spacial score (nSPS) is 17.7. The Balaban J connectivity index is 1.74. The first-order valence-corrected chi connectivity index (χ1v) is 7.22. The van der Waals surface area contributed by atoms with E-state index >= 15 is 0 Å². The van der Waals surface area contributed by atoms with Crippen molar-refractivity contribution in [3.05, 3.63) is 35.9 Å². The molecule has 1 aliphatic heterocycles. The van der Waals surface area contributed by atoms with Gasteiger partial charge < -0.3 is 14.6 Å². The Kier molecular flexibility index (Phi) is 3.70. The molecule has 0 radical (unpaired) electrons. The molecular formula is C15H18N4O3. The standard InChI is InChI=1S/C15H18N4O3/c1-10-9-13(18(2)17-10)16-14(20)11-5-3-7-19(11)15(21)12-6-4-8-22-12/h4,6,8-9,11H,3,5,7H2,1-2H3,(H,16,20). The molecule has 3 rings (SSSR count). The number of aryl methyl sites for hydroxylation is 2. The van der Waals surface area contributed by atoms with E-state index in [-0.39, 0.29) is 17.6 Å². The van der Waals surface area contributed by atoms with Crippen molar-refractivity contribution in [3.8, 4) is 0 Å². The Morgan fingerprint density at radius 3 is 2.91 bits per heavy atom. The fourth-order valence-corrected chi connectivity index (χ4v) is 2.76. The predicted octanol–water partition coefficient (Wildman–Crippen LogP) is 1.56. The fourth-order valence-electron chi connectivity index (χ4n) is 2.76. The van der Waals surface area contributed by atoms with Gasteiger partial charge in [-0.05, 0) is 31.9 Å². The third-order valence-electron chi connectivity index (χ3n) is 3.80. The average Bonchev–Trinajstić information content (AvgIpc) is 3.20. The Hall–Kier alpha value is -2.57. The van der Waals surface area contributed by atoms with Crippen LogP contribution >= 0.6 is 0 Å². The minimum atomic E-state index is -0.479. The van der Waals surface area contributed by atoms with Gasteiger partial charge >= 0.3 is 0 Å². The van der Waals surface area contributed by atoms with Crippen LogP contribution in [0.4, 0.5) is 5.82 Å². The molecule has 2 aromatic heterocycles. The van der Waals surface area contributed by atoms with Gasteiger partial charge in [0.05, 0.1) is 12.0 Å². The second-order valence-electron chi connectivity index (χ2n) is 5.42. The number of rotatable bonds is 3. The van der Waals surface area contributed by atoms with Crippen LogP contribution in [0.2, 0.25) is 0 Å². The van der Waals surface area contributed by atoms with E-state index in [0.29, 0.717) is 18.8 Å². The number of anilines is 1. The van der Waals surface area contributed by atoms with E-state index in [1.54, 1.807) is 34.8 Å². The Morgan fingerprint density at radius 2 is 2.27 bits per heavy atom. The quantitative estimate of drug-likeness (QED) is 0.933. The molecule has 1 aliphatic rings. The van der Waals surface area contributed by atoms with Crippen LogP contribution in [0.15, 0.2) is 28.9 Å². The Bertz CT molecular complexity index is 690. The third-order valence-corrected chi connectivity index (χ3v) is 3.80. The fraction of sp³-hybridized carbons (Fsp3) is 0.400. The first-order valence-electron chi connectivity index (χ1n) is 7.22. The van der Waals surface area contributed by atoms with E-state index in [9.17, 15) is 9.59 Å². The van der Waals surface area contributed by atoms with Crippen LogP contribution in [0.5, 0.6) is 0 Å². The van der Waals surface area contributed by atoms with Gasteiger partial charge in [-0.1, -0.05) is 0 Å². The van der Waals surface area contributed by atoms with E-state index in [1.165, 1.54) is 6.26 Å². The van der Waals surface area contributed by atoms with E-state index < -0.39 is 6.04 Å². The lowest BCUT2D eigenvalue weighted by atomic mass is 10.2. The maximum atomic E-state index is 12.5. The summed E-state index contributed by atoms with van der Waals surface area (Å²) in [7, 11) is 1.77. The van der Waals surface area contributed by atoms with Gasteiger partial charge in [-0.15, -0.1) is 0 Å². The molecule has 116 valence electrons. The molecular weight excluding hydrogens is 284 g/mol. The molecule has 2 amide bonds. The van der Waals surface area contributed by atoms with Crippen molar-refractivity contribution < 1.29 is 14.0 Å². The van der Waals surface area contributed by atoms with Crippen molar-refractivity contribution in [2.45, 2.75) is 25.8 Å². The van der Waals surface area contributed by atoms with Crippen LogP contribution < -0.4 is 5.32 Å². The molecule has 7 heteroatoms. The first kappa shape index (κ1) is 14.4. The molecule has 1 fully saturated rings. The molecule has 1 unspecified atom stereocenters. The summed E-state index contributed by atoms with van der Waals surface area (Å²) in [5, 5.41) is 7.03. The predicted molar refractivity (Wildman–Crippen MR) is 79.3 cm³/mol. The first-order chi connectivity index (χ1) is 10.6. The van der Waals surface area contributed by atoms with E-state index in [2.05, 4.69) is 10.4 Å². The van der Waals surface area contributed by atoms with Gasteiger partial charge in [0, 0.05) is 19.7 Å². The highest BCUT2D eigenvalue weighted by Gasteiger charge is 2.35. The van der Waals surface area contributed by atoms with Gasteiger partial charge in [0.2, 0.25) is 5.91 Å². The summed E-state index contributed by atoms with van der Waals surface area (Å²) >= 11 is 0. The maximum absolute atomic E-state index is 12.5. The monoisotopic (exact) mass is 302 g/mol. The lowest BCUT2D eigenvalue weighted by Gasteiger charge is -2.22. The molecule has 1 saturated heterocycles. The van der Waals surface area contributed by atoms with E-state index in [4.69, 9.17) is 4.42 Å². The zero-order valence-electron chi connectivity index (χ0n) is 12.6. The number of hydrogen-bond acceptors (Lipinski definition) is 4. The molecule has 0 bridgehead atoms. The van der Waals surface area contributed by atoms with Gasteiger partial charge in [0.25, 0.3) is 5.91 Å². The van der Waals surface area contributed by atoms with Gasteiger partial charge in [-0.25, -0.2) is 0 Å². The van der Waals surface area contributed by atoms with Gasteiger partial charge in [-0.3, -0.25) is 14.3 Å². The summed E-state index contributed by atoms with van der Waals surface area (Å²) in [6.45, 7) is 2.42. The van der Waals surface area contributed by atoms with Gasteiger partial charge in [0.1, 0.15) is 11.9 Å². The van der Waals surface area contributed by atoms with Crippen LogP contribution in [-0.2, 0) is 11.8 Å². The van der Waals surface area contributed by atoms with E-state index in [0.717, 1.165) is 12.1 Å². The minimum Gasteiger partial charge on any atom is -0.459 e. The van der Waals surface area contributed by atoms with Crippen LogP contribution in [0.1, 0.15) is 29.1 Å². The molecule has 0 saturated carbocycles. The summed E-state index contributed by atoms with van der Waals surface area (Å²) in [6.07, 6.45) is 2.90. The van der Waals surface area contributed by atoms with E-state index in [1.807, 2.05) is 6.92 Å². The second kappa shape index (κ2) is 5.67. The minimum absolute atomic E-state index is 0.194. The maximum Gasteiger partial charge on any atom is 0.290 e. The lowest BCUT2D eigenvalue weighted by molar-refractivity contribution is -0.119. The van der Waals surface area contributed by atoms with Crippen molar-refractivity contribution >= 4 is 17.6 Å². The molecule has 0 aromatic carbocycles. The SMILES string of the molecule is Cc1cc(NC(=O)C2CCCN2C(=O)c2ccco2)n(C)n1. The van der Waals surface area contributed by atoms with Crippen molar-refractivity contribution in [2.24, 2.45) is 7.05 Å². The molecule has 0 spiro atoms. The highest BCUT2D eigenvalue weighted by Crippen LogP contribution is 2.22. The molecule has 0 aliphatic carbocycles. The second-order valence-corrected chi connectivity index (χ2v) is 5.42. The smallest absolute Gasteiger partial charge is 0.290 e. The molecule has 7 nitrogen and oxygen atoms in total. The summed E-state index contributed by atoms with van der Waals surface area (Å²) < 4.78 is 6.75. The van der Waals surface area contributed by atoms with Gasteiger partial charge in [0.15, 0.2) is 5.76 Å². The number of aromatic nitrogens is 2. The number of nitrogens with one attached hydrogen (secondary N) is 1. The van der Waals surface area contributed by atoms with Crippen molar-refractivity contribution in [2.75, 3.05) is 11.9 Å². The molecule has 1 N–H and O–H groups in total. The Labute approximate surface area is 127 Å². The van der Waals surface area contributed by atoms with Crippen LogP contribution in [0, 0.1) is 6.92 Å². The summed E-state index contributed by atoms with van der Waals surface area (Å²) in [6, 6.07) is 4.59. The molecule has 2 aromatic rings. The zero-order valence-corrected chi connectivity index (χ0v) is 12.6. The summed E-state index contributed by atoms with van der Waals surface area (Å²) in [5.74, 6) is 0.445. The highest BCUT2D eigenvalue weighted by atomic mass is 16.3. The van der Waals surface area contributed by atoms with Crippen LogP contribution in [0.25, 0.3) is 0 Å². The third kappa shape index (κ3) is 2.61. The number of likely N-dealkylation sites (tertiary alicyclic amines) is 1. The largest absolute Gasteiger partial charge is 0.459 e. The topological polar surface area (TPSA) is 80.4 Å². The Morgan fingerprint density at radius 1 is 1.45 bits per heavy atom. The zero-order chi connectivity index (χ0) is 15.7.